The number of hydrogen-bond acceptors (Lipinski definition) is 6. The van der Waals surface area contributed by atoms with Crippen molar-refractivity contribution in [1.29, 1.82) is 0 Å². The lowest BCUT2D eigenvalue weighted by molar-refractivity contribution is -0.114. The highest BCUT2D eigenvalue weighted by Crippen LogP contribution is 2.29. The molecule has 8 heteroatoms. The second kappa shape index (κ2) is 11.6. The summed E-state index contributed by atoms with van der Waals surface area (Å²) >= 11 is 1.34. The van der Waals surface area contributed by atoms with Gasteiger partial charge in [0.1, 0.15) is 5.69 Å². The first-order valence-corrected chi connectivity index (χ1v) is 14.1. The molecule has 4 rings (SSSR count). The van der Waals surface area contributed by atoms with Crippen molar-refractivity contribution in [2.24, 2.45) is 5.92 Å². The Morgan fingerprint density at radius 2 is 1.85 bits per heavy atom. The lowest BCUT2D eigenvalue weighted by Gasteiger charge is -2.21. The zero-order chi connectivity index (χ0) is 28.3. The number of anilines is 1. The largest absolute Gasteiger partial charge is 0.302 e. The van der Waals surface area contributed by atoms with Gasteiger partial charge in [-0.15, -0.1) is 5.10 Å². The summed E-state index contributed by atoms with van der Waals surface area (Å²) in [6, 6.07) is 12.4. The van der Waals surface area contributed by atoms with Crippen LogP contribution in [0.3, 0.4) is 0 Å². The summed E-state index contributed by atoms with van der Waals surface area (Å²) < 4.78 is 1.72. The molecule has 0 saturated carbocycles. The summed E-state index contributed by atoms with van der Waals surface area (Å²) in [6.45, 7) is 14.5. The molecule has 0 fully saturated rings. The van der Waals surface area contributed by atoms with Crippen LogP contribution in [-0.4, -0.2) is 31.7 Å². The van der Waals surface area contributed by atoms with Gasteiger partial charge in [-0.05, 0) is 71.6 Å². The van der Waals surface area contributed by atoms with Gasteiger partial charge >= 0.3 is 0 Å². The molecule has 0 atom stereocenters. The maximum absolute atomic E-state index is 13.5. The molecular formula is C31H37N5O2S. The predicted molar refractivity (Wildman–Crippen MR) is 158 cm³/mol. The van der Waals surface area contributed by atoms with Crippen LogP contribution >= 0.6 is 11.3 Å². The van der Waals surface area contributed by atoms with E-state index in [0.29, 0.717) is 23.2 Å². The maximum atomic E-state index is 13.5. The Hall–Kier alpha value is -3.65. The molecule has 7 nitrogen and oxygen atoms in total. The predicted octanol–water partition coefficient (Wildman–Crippen LogP) is 6.97. The average Bonchev–Trinajstić information content (AvgIpc) is 3.52. The quantitative estimate of drug-likeness (QED) is 0.230. The topological polar surface area (TPSA) is 89.8 Å². The van der Waals surface area contributed by atoms with Crippen molar-refractivity contribution in [3.63, 3.8) is 0 Å². The Kier molecular flexibility index (Phi) is 8.45. The smallest absolute Gasteiger partial charge is 0.223 e. The molecule has 204 valence electrons. The molecular weight excluding hydrogens is 506 g/mol. The van der Waals surface area contributed by atoms with Crippen LogP contribution in [0.2, 0.25) is 0 Å². The van der Waals surface area contributed by atoms with Gasteiger partial charge in [0.05, 0.1) is 16.8 Å². The summed E-state index contributed by atoms with van der Waals surface area (Å²) in [6.07, 6.45) is 5.89. The molecule has 39 heavy (non-hydrogen) atoms. The van der Waals surface area contributed by atoms with E-state index in [9.17, 15) is 9.59 Å². The van der Waals surface area contributed by atoms with Gasteiger partial charge in [-0.25, -0.2) is 9.67 Å². The van der Waals surface area contributed by atoms with E-state index < -0.39 is 0 Å². The Bertz CT molecular complexity index is 1490. The zero-order valence-electron chi connectivity index (χ0n) is 23.8. The van der Waals surface area contributed by atoms with E-state index in [2.05, 4.69) is 73.4 Å². The van der Waals surface area contributed by atoms with Gasteiger partial charge in [0.25, 0.3) is 0 Å². The van der Waals surface area contributed by atoms with E-state index in [1.54, 1.807) is 10.9 Å². The van der Waals surface area contributed by atoms with Gasteiger partial charge in [0.15, 0.2) is 10.9 Å². The summed E-state index contributed by atoms with van der Waals surface area (Å²) in [7, 11) is 0. The molecule has 1 amide bonds. The number of nitrogens with one attached hydrogen (secondary N) is 1. The fourth-order valence-corrected chi connectivity index (χ4v) is 5.09. The van der Waals surface area contributed by atoms with Crippen LogP contribution in [0.25, 0.3) is 16.3 Å². The fourth-order valence-electron chi connectivity index (χ4n) is 4.28. The van der Waals surface area contributed by atoms with E-state index in [4.69, 9.17) is 0 Å². The van der Waals surface area contributed by atoms with Crippen LogP contribution in [0.1, 0.15) is 80.6 Å². The van der Waals surface area contributed by atoms with Crippen molar-refractivity contribution in [2.45, 2.75) is 73.1 Å². The standard InChI is InChI=1S/C31H37N5O2S/c1-19(2)8-10-22-12-24(16-25(13-22)31(5,6)7)28(38)15-23-11-9-20(3)27(14-23)36-18-26(34-35-36)29-17-32-30(39-29)33-21(4)37/h9,11-14,16-19H,8,10,15H2,1-7H3,(H,32,33,37). The van der Waals surface area contributed by atoms with E-state index in [-0.39, 0.29) is 17.1 Å². The molecule has 0 aliphatic heterocycles. The summed E-state index contributed by atoms with van der Waals surface area (Å²) in [5.74, 6) is 0.552. The second-order valence-corrected chi connectivity index (χ2v) is 12.6. The molecule has 2 aromatic carbocycles. The minimum Gasteiger partial charge on any atom is -0.302 e. The SMILES string of the molecule is CC(=O)Nc1ncc(-c2cn(-c3cc(CC(=O)c4cc(CCC(C)C)cc(C(C)(C)C)c4)ccc3C)nn2)s1. The molecule has 0 spiro atoms. The Labute approximate surface area is 234 Å². The van der Waals surface area contributed by atoms with Crippen LogP contribution in [0.5, 0.6) is 0 Å². The summed E-state index contributed by atoms with van der Waals surface area (Å²) in [5.41, 5.74) is 6.63. The number of benzene rings is 2. The molecule has 1 N–H and O–H groups in total. The van der Waals surface area contributed by atoms with Crippen molar-refractivity contribution in [3.8, 4) is 16.3 Å². The number of ketones is 1. The van der Waals surface area contributed by atoms with Crippen LogP contribution in [-0.2, 0) is 23.1 Å². The van der Waals surface area contributed by atoms with Crippen molar-refractivity contribution in [3.05, 3.63) is 76.6 Å². The van der Waals surface area contributed by atoms with E-state index in [1.165, 1.54) is 29.4 Å². The van der Waals surface area contributed by atoms with Crippen molar-refractivity contribution in [1.82, 2.24) is 20.0 Å². The third kappa shape index (κ3) is 7.26. The molecule has 0 aliphatic rings. The lowest BCUT2D eigenvalue weighted by atomic mass is 9.83. The molecule has 0 radical (unpaired) electrons. The van der Waals surface area contributed by atoms with Gasteiger partial charge in [0.2, 0.25) is 5.91 Å². The van der Waals surface area contributed by atoms with E-state index in [1.807, 2.05) is 31.3 Å². The monoisotopic (exact) mass is 543 g/mol. The van der Waals surface area contributed by atoms with Gasteiger partial charge < -0.3 is 5.32 Å². The molecule has 2 aromatic heterocycles. The number of carbonyl (C=O) groups is 2. The molecule has 0 bridgehead atoms. The summed E-state index contributed by atoms with van der Waals surface area (Å²) in [5, 5.41) is 11.9. The number of carbonyl (C=O) groups excluding carboxylic acids is 2. The Balaban J connectivity index is 1.57. The number of amides is 1. The first-order chi connectivity index (χ1) is 18.4. The minimum absolute atomic E-state index is 0.0360. The van der Waals surface area contributed by atoms with Gasteiger partial charge in [-0.3, -0.25) is 9.59 Å². The Morgan fingerprint density at radius 3 is 2.54 bits per heavy atom. The fraction of sp³-hybridized carbons (Fsp3) is 0.387. The van der Waals surface area contributed by atoms with E-state index in [0.717, 1.165) is 40.1 Å². The van der Waals surface area contributed by atoms with E-state index >= 15 is 0 Å². The number of aromatic nitrogens is 4. The first kappa shape index (κ1) is 28.4. The number of hydrogen-bond donors (Lipinski definition) is 1. The number of aryl methyl sites for hydroxylation is 2. The zero-order valence-corrected chi connectivity index (χ0v) is 24.6. The van der Waals surface area contributed by atoms with Crippen LogP contribution in [0.4, 0.5) is 5.13 Å². The third-order valence-corrected chi connectivity index (χ3v) is 7.55. The van der Waals surface area contributed by atoms with Gasteiger partial charge in [-0.2, -0.15) is 0 Å². The molecule has 4 aromatic rings. The number of thiazole rings is 1. The molecule has 0 aliphatic carbocycles. The first-order valence-electron chi connectivity index (χ1n) is 13.3. The second-order valence-electron chi connectivity index (χ2n) is 11.6. The lowest BCUT2D eigenvalue weighted by Crippen LogP contribution is -2.14. The average molecular weight is 544 g/mol. The van der Waals surface area contributed by atoms with Crippen LogP contribution < -0.4 is 5.32 Å². The highest BCUT2D eigenvalue weighted by atomic mass is 32.1. The van der Waals surface area contributed by atoms with Crippen LogP contribution in [0, 0.1) is 12.8 Å². The van der Waals surface area contributed by atoms with Gasteiger partial charge in [-0.1, -0.05) is 69.4 Å². The maximum Gasteiger partial charge on any atom is 0.223 e. The highest BCUT2D eigenvalue weighted by molar-refractivity contribution is 7.19. The Morgan fingerprint density at radius 1 is 1.08 bits per heavy atom. The highest BCUT2D eigenvalue weighted by Gasteiger charge is 2.19. The molecule has 2 heterocycles. The van der Waals surface area contributed by atoms with Crippen molar-refractivity contribution >= 4 is 28.2 Å². The molecule has 0 unspecified atom stereocenters. The van der Waals surface area contributed by atoms with Crippen molar-refractivity contribution in [2.75, 3.05) is 5.32 Å². The molecule has 0 saturated heterocycles. The van der Waals surface area contributed by atoms with Gasteiger partial charge in [0, 0.05) is 25.1 Å². The normalized spacial score (nSPS) is 11.7. The van der Waals surface area contributed by atoms with Crippen LogP contribution in [0.15, 0.2) is 48.8 Å². The minimum atomic E-state index is -0.168. The number of Topliss-reactive ketones (excluding diaryl/α,β-unsaturated/α-hetero) is 1. The van der Waals surface area contributed by atoms with Crippen molar-refractivity contribution < 1.29 is 9.59 Å². The number of nitrogens with zero attached hydrogens (tertiary/aromatic N) is 4. The third-order valence-electron chi connectivity index (χ3n) is 6.61. The number of rotatable bonds is 9. The summed E-state index contributed by atoms with van der Waals surface area (Å²) in [4.78, 5) is 29.9.